The smallest absolute Gasteiger partial charge is 0.247 e. The first-order valence-corrected chi connectivity index (χ1v) is 3.95. The maximum Gasteiger partial charge on any atom is 0.247 e. The summed E-state index contributed by atoms with van der Waals surface area (Å²) in [4.78, 5) is 11.2. The first-order valence-electron chi connectivity index (χ1n) is 3.95. The van der Waals surface area contributed by atoms with Crippen LogP contribution in [0.25, 0.3) is 0 Å². The highest BCUT2D eigenvalue weighted by Crippen LogP contribution is 2.06. The molecule has 0 heterocycles. The third-order valence-electron chi connectivity index (χ3n) is 1.84. The number of carbonyl (C=O) groups is 1. The maximum absolute atomic E-state index is 11.2. The zero-order valence-corrected chi connectivity index (χ0v) is 7.77. The zero-order chi connectivity index (χ0) is 9.56. The summed E-state index contributed by atoms with van der Waals surface area (Å²) >= 11 is 0. The molecule has 66 valence electrons. The van der Waals surface area contributed by atoms with Crippen LogP contribution in [-0.4, -0.2) is 12.5 Å². The lowest BCUT2D eigenvalue weighted by Crippen LogP contribution is -2.24. The van der Waals surface area contributed by atoms with Gasteiger partial charge in [0.15, 0.2) is 0 Å². The first kappa shape index (κ1) is 10.7. The van der Waals surface area contributed by atoms with Crippen LogP contribution in [-0.2, 0) is 4.79 Å². The summed E-state index contributed by atoms with van der Waals surface area (Å²) in [7, 11) is 0. The van der Waals surface area contributed by atoms with Gasteiger partial charge in [-0.3, -0.25) is 4.79 Å². The van der Waals surface area contributed by atoms with Crippen molar-refractivity contribution in [3.8, 4) is 6.07 Å². The van der Waals surface area contributed by atoms with Gasteiger partial charge < -0.3 is 5.32 Å². The van der Waals surface area contributed by atoms with E-state index < -0.39 is 0 Å². The summed E-state index contributed by atoms with van der Waals surface area (Å²) in [6.45, 7) is 5.76. The molecule has 12 heavy (non-hydrogen) atoms. The minimum absolute atomic E-state index is 0.0766. The second-order valence-electron chi connectivity index (χ2n) is 2.60. The maximum atomic E-state index is 11.2. The number of rotatable bonds is 3. The van der Waals surface area contributed by atoms with Gasteiger partial charge in [-0.25, -0.2) is 0 Å². The van der Waals surface area contributed by atoms with Crippen molar-refractivity contribution in [3.05, 3.63) is 11.1 Å². The SMILES string of the molecule is CC/C(C)=C(\C)C(=O)NCC#N. The van der Waals surface area contributed by atoms with Gasteiger partial charge in [-0.2, -0.15) is 5.26 Å². The summed E-state index contributed by atoms with van der Waals surface area (Å²) in [5.41, 5.74) is 1.78. The van der Waals surface area contributed by atoms with E-state index in [1.165, 1.54) is 0 Å². The minimum atomic E-state index is -0.143. The van der Waals surface area contributed by atoms with E-state index in [9.17, 15) is 4.79 Å². The number of nitriles is 1. The van der Waals surface area contributed by atoms with Crippen molar-refractivity contribution in [2.45, 2.75) is 27.2 Å². The highest BCUT2D eigenvalue weighted by atomic mass is 16.1. The minimum Gasteiger partial charge on any atom is -0.339 e. The Balaban J connectivity index is 4.21. The van der Waals surface area contributed by atoms with E-state index in [1.54, 1.807) is 6.92 Å². The Labute approximate surface area is 73.1 Å². The standard InChI is InChI=1S/C9H14N2O/c1-4-7(2)8(3)9(12)11-6-5-10/h4,6H2,1-3H3,(H,11,12)/b8-7+. The van der Waals surface area contributed by atoms with E-state index in [1.807, 2.05) is 19.9 Å². The van der Waals surface area contributed by atoms with E-state index in [-0.39, 0.29) is 12.5 Å². The molecule has 1 amide bonds. The molecule has 1 N–H and O–H groups in total. The Morgan fingerprint density at radius 1 is 1.50 bits per heavy atom. The Morgan fingerprint density at radius 3 is 2.50 bits per heavy atom. The normalized spacial score (nSPS) is 11.5. The predicted octanol–water partition coefficient (Wildman–Crippen LogP) is 1.37. The predicted molar refractivity (Wildman–Crippen MR) is 47.3 cm³/mol. The van der Waals surface area contributed by atoms with E-state index in [4.69, 9.17) is 5.26 Å². The molecule has 0 aliphatic heterocycles. The zero-order valence-electron chi connectivity index (χ0n) is 7.77. The highest BCUT2D eigenvalue weighted by Gasteiger charge is 2.04. The van der Waals surface area contributed by atoms with E-state index in [0.29, 0.717) is 5.57 Å². The number of carbonyl (C=O) groups excluding carboxylic acids is 1. The molecular weight excluding hydrogens is 152 g/mol. The fourth-order valence-corrected chi connectivity index (χ4v) is 0.711. The van der Waals surface area contributed by atoms with Crippen molar-refractivity contribution in [2.24, 2.45) is 0 Å². The van der Waals surface area contributed by atoms with Gasteiger partial charge in [0.25, 0.3) is 0 Å². The third kappa shape index (κ3) is 3.20. The molecule has 0 atom stereocenters. The molecule has 0 aromatic carbocycles. The quantitative estimate of drug-likeness (QED) is 0.508. The molecule has 0 rings (SSSR count). The van der Waals surface area contributed by atoms with Crippen LogP contribution in [0, 0.1) is 11.3 Å². The Hall–Kier alpha value is -1.30. The molecule has 0 fully saturated rings. The molecule has 0 unspecified atom stereocenters. The molecule has 3 nitrogen and oxygen atoms in total. The first-order chi connectivity index (χ1) is 5.63. The lowest BCUT2D eigenvalue weighted by molar-refractivity contribution is -0.117. The van der Waals surface area contributed by atoms with Gasteiger partial charge in [-0.15, -0.1) is 0 Å². The fourth-order valence-electron chi connectivity index (χ4n) is 0.711. The molecule has 0 radical (unpaired) electrons. The number of hydrogen-bond acceptors (Lipinski definition) is 2. The van der Waals surface area contributed by atoms with Crippen LogP contribution in [0.2, 0.25) is 0 Å². The van der Waals surface area contributed by atoms with Gasteiger partial charge in [0.2, 0.25) is 5.91 Å². The van der Waals surface area contributed by atoms with E-state index >= 15 is 0 Å². The van der Waals surface area contributed by atoms with Crippen LogP contribution in [0.15, 0.2) is 11.1 Å². The Bertz CT molecular complexity index is 235. The molecule has 0 spiro atoms. The van der Waals surface area contributed by atoms with Gasteiger partial charge in [0.1, 0.15) is 6.54 Å². The molecule has 0 aliphatic carbocycles. The van der Waals surface area contributed by atoms with Gasteiger partial charge in [0.05, 0.1) is 6.07 Å². The lowest BCUT2D eigenvalue weighted by Gasteiger charge is -2.04. The van der Waals surface area contributed by atoms with Crippen LogP contribution in [0.4, 0.5) is 0 Å². The average molecular weight is 166 g/mol. The molecule has 0 saturated heterocycles. The molecule has 0 saturated carbocycles. The van der Waals surface area contributed by atoms with E-state index in [0.717, 1.165) is 12.0 Å². The van der Waals surface area contributed by atoms with Crippen LogP contribution in [0.3, 0.4) is 0 Å². The van der Waals surface area contributed by atoms with Crippen molar-refractivity contribution in [1.29, 1.82) is 5.26 Å². The van der Waals surface area contributed by atoms with Gasteiger partial charge >= 0.3 is 0 Å². The summed E-state index contributed by atoms with van der Waals surface area (Å²) in [5, 5.41) is 10.7. The lowest BCUT2D eigenvalue weighted by atomic mass is 10.1. The van der Waals surface area contributed by atoms with Crippen LogP contribution < -0.4 is 5.32 Å². The topological polar surface area (TPSA) is 52.9 Å². The second kappa shape index (κ2) is 5.36. The number of nitrogens with one attached hydrogen (secondary N) is 1. The monoisotopic (exact) mass is 166 g/mol. The largest absolute Gasteiger partial charge is 0.339 e. The van der Waals surface area contributed by atoms with Crippen molar-refractivity contribution in [2.75, 3.05) is 6.54 Å². The molecule has 0 aliphatic rings. The van der Waals surface area contributed by atoms with Gasteiger partial charge in [0, 0.05) is 5.57 Å². The fraction of sp³-hybridized carbons (Fsp3) is 0.556. The van der Waals surface area contributed by atoms with Crippen molar-refractivity contribution < 1.29 is 4.79 Å². The molecule has 0 aromatic rings. The van der Waals surface area contributed by atoms with Crippen LogP contribution >= 0.6 is 0 Å². The summed E-state index contributed by atoms with van der Waals surface area (Å²) in [6, 6.07) is 1.86. The number of hydrogen-bond donors (Lipinski definition) is 1. The van der Waals surface area contributed by atoms with Crippen molar-refractivity contribution in [3.63, 3.8) is 0 Å². The molecule has 3 heteroatoms. The summed E-state index contributed by atoms with van der Waals surface area (Å²) in [5.74, 6) is -0.143. The summed E-state index contributed by atoms with van der Waals surface area (Å²) in [6.07, 6.45) is 0.867. The number of nitrogens with zero attached hydrogens (tertiary/aromatic N) is 1. The van der Waals surface area contributed by atoms with Crippen molar-refractivity contribution >= 4 is 5.91 Å². The second-order valence-corrected chi connectivity index (χ2v) is 2.60. The Morgan fingerprint density at radius 2 is 2.08 bits per heavy atom. The van der Waals surface area contributed by atoms with E-state index in [2.05, 4.69) is 5.32 Å². The van der Waals surface area contributed by atoms with Crippen molar-refractivity contribution in [1.82, 2.24) is 5.32 Å². The number of allylic oxidation sites excluding steroid dienone is 1. The van der Waals surface area contributed by atoms with Gasteiger partial charge in [-0.1, -0.05) is 12.5 Å². The molecule has 0 aromatic heterocycles. The molecular formula is C9H14N2O. The Kier molecular flexibility index (Phi) is 4.78. The average Bonchev–Trinajstić information content (AvgIpc) is 2.11. The van der Waals surface area contributed by atoms with Crippen LogP contribution in [0.5, 0.6) is 0 Å². The third-order valence-corrected chi connectivity index (χ3v) is 1.84. The van der Waals surface area contributed by atoms with Crippen LogP contribution in [0.1, 0.15) is 27.2 Å². The van der Waals surface area contributed by atoms with Gasteiger partial charge in [-0.05, 0) is 20.3 Å². The number of amides is 1. The highest BCUT2D eigenvalue weighted by molar-refractivity contribution is 5.93. The molecule has 0 bridgehead atoms. The summed E-state index contributed by atoms with van der Waals surface area (Å²) < 4.78 is 0.